The Morgan fingerprint density at radius 2 is 2.00 bits per heavy atom. The van der Waals surface area contributed by atoms with E-state index in [2.05, 4.69) is 19.9 Å². The van der Waals surface area contributed by atoms with Crippen LogP contribution in [0.4, 0.5) is 0 Å². The third kappa shape index (κ3) is 3.47. The van der Waals surface area contributed by atoms with Crippen molar-refractivity contribution in [1.82, 2.24) is 19.9 Å². The molecule has 0 unspecified atom stereocenters. The Kier molecular flexibility index (Phi) is 4.42. The molecule has 3 rings (SSSR count). The summed E-state index contributed by atoms with van der Waals surface area (Å²) in [5.74, 6) is 0.606. The topological polar surface area (TPSA) is 82.4 Å². The molecule has 0 radical (unpaired) electrons. The summed E-state index contributed by atoms with van der Waals surface area (Å²) in [6, 6.07) is 5.64. The van der Waals surface area contributed by atoms with Gasteiger partial charge < -0.3 is 10.2 Å². The van der Waals surface area contributed by atoms with Crippen LogP contribution >= 0.6 is 0 Å². The maximum absolute atomic E-state index is 10.2. The Morgan fingerprint density at radius 1 is 1.18 bits per heavy atom. The standard InChI is InChI=1S/C16H20N4O2/c21-12-16(22)5-3-7-20(11-16)10-13-8-18-15(19-9-13)14-4-1-2-6-17-14/h1-2,4,6,8-9,21-22H,3,5,7,10-12H2/t16-/m0/s1. The molecule has 1 aliphatic heterocycles. The maximum Gasteiger partial charge on any atom is 0.178 e. The molecule has 0 aliphatic carbocycles. The van der Waals surface area contributed by atoms with Crippen LogP contribution in [0.5, 0.6) is 0 Å². The Hall–Kier alpha value is -1.89. The second kappa shape index (κ2) is 6.48. The molecule has 6 nitrogen and oxygen atoms in total. The number of aromatic nitrogens is 3. The van der Waals surface area contributed by atoms with Crippen LogP contribution in [-0.2, 0) is 6.54 Å². The molecule has 2 aromatic heterocycles. The van der Waals surface area contributed by atoms with Crippen molar-refractivity contribution >= 4 is 0 Å². The number of aliphatic hydroxyl groups is 2. The zero-order valence-corrected chi connectivity index (χ0v) is 12.4. The molecule has 3 heterocycles. The zero-order valence-electron chi connectivity index (χ0n) is 12.4. The smallest absolute Gasteiger partial charge is 0.178 e. The van der Waals surface area contributed by atoms with Gasteiger partial charge in [-0.25, -0.2) is 9.97 Å². The average Bonchev–Trinajstić information content (AvgIpc) is 2.56. The fourth-order valence-corrected chi connectivity index (χ4v) is 2.79. The lowest BCUT2D eigenvalue weighted by atomic mass is 9.93. The van der Waals surface area contributed by atoms with Gasteiger partial charge in [0.25, 0.3) is 0 Å². The Morgan fingerprint density at radius 3 is 2.68 bits per heavy atom. The number of aliphatic hydroxyl groups excluding tert-OH is 1. The summed E-state index contributed by atoms with van der Waals surface area (Å²) in [5.41, 5.74) is 0.760. The Balaban J connectivity index is 1.66. The van der Waals surface area contributed by atoms with Crippen LogP contribution in [0.1, 0.15) is 18.4 Å². The van der Waals surface area contributed by atoms with Crippen LogP contribution in [0.3, 0.4) is 0 Å². The summed E-state index contributed by atoms with van der Waals surface area (Å²) in [6.45, 7) is 1.86. The van der Waals surface area contributed by atoms with E-state index >= 15 is 0 Å². The zero-order chi connectivity index (χ0) is 15.4. The Bertz CT molecular complexity index is 605. The van der Waals surface area contributed by atoms with Crippen molar-refractivity contribution in [3.8, 4) is 11.5 Å². The van der Waals surface area contributed by atoms with E-state index in [0.717, 1.165) is 24.2 Å². The van der Waals surface area contributed by atoms with Gasteiger partial charge in [0.1, 0.15) is 11.3 Å². The second-order valence-corrected chi connectivity index (χ2v) is 5.83. The van der Waals surface area contributed by atoms with E-state index in [1.54, 1.807) is 18.6 Å². The summed E-state index contributed by atoms with van der Waals surface area (Å²) < 4.78 is 0. The molecule has 0 spiro atoms. The lowest BCUT2D eigenvalue weighted by Gasteiger charge is -2.37. The van der Waals surface area contributed by atoms with E-state index in [-0.39, 0.29) is 6.61 Å². The molecule has 2 N–H and O–H groups in total. The monoisotopic (exact) mass is 300 g/mol. The number of hydrogen-bond acceptors (Lipinski definition) is 6. The molecule has 0 aromatic carbocycles. The lowest BCUT2D eigenvalue weighted by molar-refractivity contribution is -0.0687. The van der Waals surface area contributed by atoms with Crippen molar-refractivity contribution in [1.29, 1.82) is 0 Å². The van der Waals surface area contributed by atoms with E-state index in [9.17, 15) is 10.2 Å². The van der Waals surface area contributed by atoms with Crippen molar-refractivity contribution in [2.24, 2.45) is 0 Å². The number of hydrogen-bond donors (Lipinski definition) is 2. The summed E-state index contributed by atoms with van der Waals surface area (Å²) >= 11 is 0. The largest absolute Gasteiger partial charge is 0.393 e. The quantitative estimate of drug-likeness (QED) is 0.871. The summed E-state index contributed by atoms with van der Waals surface area (Å²) in [4.78, 5) is 15.1. The molecular formula is C16H20N4O2. The van der Waals surface area contributed by atoms with Gasteiger partial charge in [-0.3, -0.25) is 9.88 Å². The van der Waals surface area contributed by atoms with Gasteiger partial charge >= 0.3 is 0 Å². The first-order chi connectivity index (χ1) is 10.7. The molecule has 1 atom stereocenters. The van der Waals surface area contributed by atoms with Gasteiger partial charge in [-0.05, 0) is 31.5 Å². The Labute approximate surface area is 129 Å². The van der Waals surface area contributed by atoms with Crippen molar-refractivity contribution in [3.63, 3.8) is 0 Å². The van der Waals surface area contributed by atoms with Crippen LogP contribution in [-0.4, -0.2) is 55.4 Å². The SMILES string of the molecule is OC[C@]1(O)CCCN(Cc2cnc(-c3ccccn3)nc2)C1. The molecule has 22 heavy (non-hydrogen) atoms. The molecule has 116 valence electrons. The molecular weight excluding hydrogens is 280 g/mol. The number of likely N-dealkylation sites (tertiary alicyclic amines) is 1. The summed E-state index contributed by atoms with van der Waals surface area (Å²) in [6.07, 6.45) is 6.84. The van der Waals surface area contributed by atoms with Gasteiger partial charge in [-0.1, -0.05) is 6.07 Å². The van der Waals surface area contributed by atoms with Crippen molar-refractivity contribution in [2.75, 3.05) is 19.7 Å². The normalized spacial score (nSPS) is 22.6. The molecule has 0 bridgehead atoms. The minimum atomic E-state index is -0.979. The van der Waals surface area contributed by atoms with Crippen molar-refractivity contribution in [2.45, 2.75) is 25.0 Å². The predicted octanol–water partition coefficient (Wildman–Crippen LogP) is 0.858. The minimum Gasteiger partial charge on any atom is -0.393 e. The summed E-state index contributed by atoms with van der Waals surface area (Å²) in [5, 5.41) is 19.5. The molecule has 1 aliphatic rings. The third-order valence-electron chi connectivity index (χ3n) is 3.93. The number of nitrogens with zero attached hydrogens (tertiary/aromatic N) is 4. The fourth-order valence-electron chi connectivity index (χ4n) is 2.79. The van der Waals surface area contributed by atoms with Gasteiger partial charge in [-0.15, -0.1) is 0 Å². The van der Waals surface area contributed by atoms with Crippen LogP contribution < -0.4 is 0 Å². The van der Waals surface area contributed by atoms with Crippen LogP contribution in [0.15, 0.2) is 36.8 Å². The molecule has 2 aromatic rings. The molecule has 1 fully saturated rings. The first-order valence-electron chi connectivity index (χ1n) is 7.46. The summed E-state index contributed by atoms with van der Waals surface area (Å²) in [7, 11) is 0. The van der Waals surface area contributed by atoms with E-state index in [1.807, 2.05) is 18.2 Å². The lowest BCUT2D eigenvalue weighted by Crippen LogP contribution is -2.50. The van der Waals surface area contributed by atoms with Gasteiger partial charge in [0, 0.05) is 37.2 Å². The van der Waals surface area contributed by atoms with Gasteiger partial charge in [0.2, 0.25) is 0 Å². The number of pyridine rings is 1. The first-order valence-corrected chi connectivity index (χ1v) is 7.46. The maximum atomic E-state index is 10.2. The molecule has 1 saturated heterocycles. The highest BCUT2D eigenvalue weighted by atomic mass is 16.3. The molecule has 0 amide bonds. The highest BCUT2D eigenvalue weighted by molar-refractivity contribution is 5.47. The van der Waals surface area contributed by atoms with E-state index in [4.69, 9.17) is 0 Å². The third-order valence-corrected chi connectivity index (χ3v) is 3.93. The van der Waals surface area contributed by atoms with Crippen LogP contribution in [0.2, 0.25) is 0 Å². The van der Waals surface area contributed by atoms with Crippen LogP contribution in [0.25, 0.3) is 11.5 Å². The van der Waals surface area contributed by atoms with Gasteiger partial charge in [0.05, 0.1) is 6.61 Å². The van der Waals surface area contributed by atoms with Gasteiger partial charge in [0.15, 0.2) is 5.82 Å². The number of piperidine rings is 1. The number of rotatable bonds is 4. The van der Waals surface area contributed by atoms with E-state index in [0.29, 0.717) is 25.3 Å². The van der Waals surface area contributed by atoms with E-state index in [1.165, 1.54) is 0 Å². The second-order valence-electron chi connectivity index (χ2n) is 5.83. The predicted molar refractivity (Wildman–Crippen MR) is 81.8 cm³/mol. The van der Waals surface area contributed by atoms with E-state index < -0.39 is 5.60 Å². The van der Waals surface area contributed by atoms with Crippen LogP contribution in [0, 0.1) is 0 Å². The number of β-amino-alcohol motifs (C(OH)–C–C–N with tert-alkyl or cyclic N) is 1. The molecule has 0 saturated carbocycles. The average molecular weight is 300 g/mol. The van der Waals surface area contributed by atoms with Crippen molar-refractivity contribution in [3.05, 3.63) is 42.4 Å². The fraction of sp³-hybridized carbons (Fsp3) is 0.438. The van der Waals surface area contributed by atoms with Crippen molar-refractivity contribution < 1.29 is 10.2 Å². The first kappa shape index (κ1) is 15.0. The molecule has 6 heteroatoms. The highest BCUT2D eigenvalue weighted by Crippen LogP contribution is 2.22. The highest BCUT2D eigenvalue weighted by Gasteiger charge is 2.32. The minimum absolute atomic E-state index is 0.196. The van der Waals surface area contributed by atoms with Gasteiger partial charge in [-0.2, -0.15) is 0 Å².